The van der Waals surface area contributed by atoms with Gasteiger partial charge in [-0.25, -0.2) is 4.79 Å². The molecule has 1 amide bonds. The van der Waals surface area contributed by atoms with Crippen LogP contribution in [-0.4, -0.2) is 34.6 Å². The molecule has 0 aromatic carbocycles. The highest BCUT2D eigenvalue weighted by atomic mass is 16.6. The predicted octanol–water partition coefficient (Wildman–Crippen LogP) is 1.67. The topological polar surface area (TPSA) is 68.2 Å². The van der Waals surface area contributed by atoms with Gasteiger partial charge in [-0.2, -0.15) is 5.10 Å². The van der Waals surface area contributed by atoms with Crippen molar-refractivity contribution in [2.24, 2.45) is 7.05 Å². The maximum Gasteiger partial charge on any atom is 0.407 e. The fourth-order valence-corrected chi connectivity index (χ4v) is 1.45. The van der Waals surface area contributed by atoms with Gasteiger partial charge in [0.25, 0.3) is 0 Å². The SMILES string of the molecule is Cc1nn(C)cc1NCCNC(=O)OC(C)(C)C. The highest BCUT2D eigenvalue weighted by Gasteiger charge is 2.15. The largest absolute Gasteiger partial charge is 0.444 e. The van der Waals surface area contributed by atoms with E-state index in [2.05, 4.69) is 15.7 Å². The summed E-state index contributed by atoms with van der Waals surface area (Å²) in [7, 11) is 1.87. The number of hydrogen-bond donors (Lipinski definition) is 2. The lowest BCUT2D eigenvalue weighted by atomic mass is 10.2. The molecule has 0 atom stereocenters. The number of anilines is 1. The van der Waals surface area contributed by atoms with E-state index in [-0.39, 0.29) is 0 Å². The minimum Gasteiger partial charge on any atom is -0.444 e. The molecule has 1 aromatic rings. The fourth-order valence-electron chi connectivity index (χ4n) is 1.45. The highest BCUT2D eigenvalue weighted by molar-refractivity contribution is 5.67. The van der Waals surface area contributed by atoms with Crippen LogP contribution in [-0.2, 0) is 11.8 Å². The molecule has 0 spiro atoms. The summed E-state index contributed by atoms with van der Waals surface area (Å²) in [5, 5.41) is 10.1. The Balaban J connectivity index is 2.23. The molecule has 1 heterocycles. The van der Waals surface area contributed by atoms with Crippen LogP contribution in [0.5, 0.6) is 0 Å². The van der Waals surface area contributed by atoms with Crippen molar-refractivity contribution >= 4 is 11.8 Å². The van der Waals surface area contributed by atoms with E-state index >= 15 is 0 Å². The summed E-state index contributed by atoms with van der Waals surface area (Å²) in [6, 6.07) is 0. The molecule has 6 nitrogen and oxygen atoms in total. The van der Waals surface area contributed by atoms with Crippen molar-refractivity contribution in [3.05, 3.63) is 11.9 Å². The third-order valence-corrected chi connectivity index (χ3v) is 2.12. The third-order valence-electron chi connectivity index (χ3n) is 2.12. The first kappa shape index (κ1) is 14.3. The van der Waals surface area contributed by atoms with Crippen LogP contribution in [0.2, 0.25) is 0 Å². The van der Waals surface area contributed by atoms with Gasteiger partial charge in [0, 0.05) is 26.3 Å². The smallest absolute Gasteiger partial charge is 0.407 e. The molecule has 0 unspecified atom stereocenters. The van der Waals surface area contributed by atoms with Gasteiger partial charge in [-0.15, -0.1) is 0 Å². The van der Waals surface area contributed by atoms with Gasteiger partial charge in [0.15, 0.2) is 0 Å². The Morgan fingerprint density at radius 1 is 1.44 bits per heavy atom. The minimum absolute atomic E-state index is 0.396. The van der Waals surface area contributed by atoms with E-state index in [1.165, 1.54) is 0 Å². The zero-order valence-corrected chi connectivity index (χ0v) is 11.7. The molecule has 0 aliphatic heterocycles. The van der Waals surface area contributed by atoms with Crippen molar-refractivity contribution < 1.29 is 9.53 Å². The molecule has 0 aliphatic carbocycles. The molecule has 6 heteroatoms. The van der Waals surface area contributed by atoms with Crippen molar-refractivity contribution in [2.45, 2.75) is 33.3 Å². The molecule has 1 aromatic heterocycles. The van der Waals surface area contributed by atoms with Gasteiger partial charge >= 0.3 is 6.09 Å². The van der Waals surface area contributed by atoms with E-state index in [0.29, 0.717) is 13.1 Å². The Kier molecular flexibility index (Phi) is 4.58. The molecule has 2 N–H and O–H groups in total. The number of rotatable bonds is 4. The van der Waals surface area contributed by atoms with Crippen LogP contribution in [0.15, 0.2) is 6.20 Å². The van der Waals surface area contributed by atoms with Crippen molar-refractivity contribution in [1.82, 2.24) is 15.1 Å². The first-order chi connectivity index (χ1) is 8.28. The monoisotopic (exact) mass is 254 g/mol. The summed E-state index contributed by atoms with van der Waals surface area (Å²) >= 11 is 0. The molecular weight excluding hydrogens is 232 g/mol. The van der Waals surface area contributed by atoms with Gasteiger partial charge in [0.2, 0.25) is 0 Å². The second-order valence-electron chi connectivity index (χ2n) is 5.16. The van der Waals surface area contributed by atoms with Gasteiger partial charge in [0.1, 0.15) is 5.60 Å². The van der Waals surface area contributed by atoms with E-state index < -0.39 is 11.7 Å². The zero-order chi connectivity index (χ0) is 13.8. The van der Waals surface area contributed by atoms with Gasteiger partial charge in [0.05, 0.1) is 11.4 Å². The molecular formula is C12H22N4O2. The second kappa shape index (κ2) is 5.75. The summed E-state index contributed by atoms with van der Waals surface area (Å²) in [5.41, 5.74) is 1.45. The number of nitrogens with zero attached hydrogens (tertiary/aromatic N) is 2. The summed E-state index contributed by atoms with van der Waals surface area (Å²) in [5.74, 6) is 0. The van der Waals surface area contributed by atoms with Crippen molar-refractivity contribution in [2.75, 3.05) is 18.4 Å². The molecule has 0 fully saturated rings. The number of alkyl carbamates (subject to hydrolysis) is 1. The van der Waals surface area contributed by atoms with E-state index in [9.17, 15) is 4.79 Å². The van der Waals surface area contributed by atoms with Crippen LogP contribution in [0.4, 0.5) is 10.5 Å². The van der Waals surface area contributed by atoms with Crippen LogP contribution < -0.4 is 10.6 Å². The van der Waals surface area contributed by atoms with E-state index in [0.717, 1.165) is 11.4 Å². The van der Waals surface area contributed by atoms with Crippen LogP contribution in [0.1, 0.15) is 26.5 Å². The number of ether oxygens (including phenoxy) is 1. The fraction of sp³-hybridized carbons (Fsp3) is 0.667. The van der Waals surface area contributed by atoms with Crippen molar-refractivity contribution in [1.29, 1.82) is 0 Å². The highest BCUT2D eigenvalue weighted by Crippen LogP contribution is 2.10. The molecule has 0 aliphatic rings. The Morgan fingerprint density at radius 2 is 2.11 bits per heavy atom. The Morgan fingerprint density at radius 3 is 2.61 bits per heavy atom. The number of carbonyl (C=O) groups is 1. The van der Waals surface area contributed by atoms with Crippen LogP contribution >= 0.6 is 0 Å². The number of nitrogens with one attached hydrogen (secondary N) is 2. The number of aromatic nitrogens is 2. The number of carbonyl (C=O) groups excluding carboxylic acids is 1. The van der Waals surface area contributed by atoms with Gasteiger partial charge < -0.3 is 15.4 Å². The maximum absolute atomic E-state index is 11.4. The number of amides is 1. The average molecular weight is 254 g/mol. The van der Waals surface area contributed by atoms with E-state index in [1.54, 1.807) is 4.68 Å². The number of hydrogen-bond acceptors (Lipinski definition) is 4. The van der Waals surface area contributed by atoms with Gasteiger partial charge in [-0.05, 0) is 27.7 Å². The summed E-state index contributed by atoms with van der Waals surface area (Å²) in [6.07, 6.45) is 1.51. The first-order valence-electron chi connectivity index (χ1n) is 5.99. The standard InChI is InChI=1S/C12H22N4O2/c1-9-10(8-16(5)15-9)13-6-7-14-11(17)18-12(2,3)4/h8,13H,6-7H2,1-5H3,(H,14,17). The number of aryl methyl sites for hydroxylation is 2. The lowest BCUT2D eigenvalue weighted by molar-refractivity contribution is 0.0530. The van der Waals surface area contributed by atoms with Crippen LogP contribution in [0.25, 0.3) is 0 Å². The van der Waals surface area contributed by atoms with E-state index in [4.69, 9.17) is 4.74 Å². The summed E-state index contributed by atoms with van der Waals surface area (Å²) in [6.45, 7) is 8.58. The van der Waals surface area contributed by atoms with Crippen molar-refractivity contribution in [3.63, 3.8) is 0 Å². The maximum atomic E-state index is 11.4. The predicted molar refractivity (Wildman–Crippen MR) is 70.7 cm³/mol. The molecule has 0 saturated heterocycles. The lowest BCUT2D eigenvalue weighted by Gasteiger charge is -2.19. The molecule has 0 bridgehead atoms. The van der Waals surface area contributed by atoms with Gasteiger partial charge in [-0.1, -0.05) is 0 Å². The van der Waals surface area contributed by atoms with Crippen molar-refractivity contribution in [3.8, 4) is 0 Å². The Bertz CT molecular complexity index is 407. The van der Waals surface area contributed by atoms with Crippen LogP contribution in [0.3, 0.4) is 0 Å². The van der Waals surface area contributed by atoms with E-state index in [1.807, 2.05) is 40.9 Å². The normalized spacial score (nSPS) is 11.2. The lowest BCUT2D eigenvalue weighted by Crippen LogP contribution is -2.35. The first-order valence-corrected chi connectivity index (χ1v) is 5.99. The third kappa shape index (κ3) is 5.07. The Labute approximate surface area is 108 Å². The van der Waals surface area contributed by atoms with Gasteiger partial charge in [-0.3, -0.25) is 4.68 Å². The minimum atomic E-state index is -0.461. The average Bonchev–Trinajstić information content (AvgIpc) is 2.49. The second-order valence-corrected chi connectivity index (χ2v) is 5.16. The summed E-state index contributed by atoms with van der Waals surface area (Å²) < 4.78 is 6.87. The zero-order valence-electron chi connectivity index (χ0n) is 11.7. The Hall–Kier alpha value is -1.72. The molecule has 102 valence electrons. The summed E-state index contributed by atoms with van der Waals surface area (Å²) in [4.78, 5) is 11.4. The molecule has 0 radical (unpaired) electrons. The van der Waals surface area contributed by atoms with Crippen LogP contribution in [0, 0.1) is 6.92 Å². The molecule has 1 rings (SSSR count). The molecule has 0 saturated carbocycles. The quantitative estimate of drug-likeness (QED) is 0.802. The molecule has 18 heavy (non-hydrogen) atoms.